The Kier molecular flexibility index (Phi) is 3.11. The van der Waals surface area contributed by atoms with Crippen molar-refractivity contribution in [2.45, 2.75) is 12.8 Å². The zero-order chi connectivity index (χ0) is 12.7. The van der Waals surface area contributed by atoms with Crippen LogP contribution in [0.3, 0.4) is 0 Å². The van der Waals surface area contributed by atoms with E-state index >= 15 is 0 Å². The monoisotopic (exact) mass is 329 g/mol. The first kappa shape index (κ1) is 12.1. The molecule has 0 atom stereocenters. The van der Waals surface area contributed by atoms with Gasteiger partial charge in [-0.25, -0.2) is 9.37 Å². The number of aromatic nitrogens is 2. The van der Waals surface area contributed by atoms with Gasteiger partial charge in [-0.3, -0.25) is 0 Å². The molecule has 2 heterocycles. The average molecular weight is 331 g/mol. The van der Waals surface area contributed by atoms with Gasteiger partial charge >= 0.3 is 0 Å². The van der Waals surface area contributed by atoms with Gasteiger partial charge in [0.15, 0.2) is 0 Å². The van der Waals surface area contributed by atoms with Crippen molar-refractivity contribution < 1.29 is 4.39 Å². The lowest BCUT2D eigenvalue weighted by molar-refractivity contribution is 0.636. The second kappa shape index (κ2) is 4.63. The van der Waals surface area contributed by atoms with Crippen molar-refractivity contribution in [1.82, 2.24) is 9.97 Å². The molecule has 0 unspecified atom stereocenters. The van der Waals surface area contributed by atoms with Gasteiger partial charge in [-0.15, -0.1) is 0 Å². The van der Waals surface area contributed by atoms with E-state index in [-0.39, 0.29) is 16.6 Å². The Labute approximate surface area is 117 Å². The SMILES string of the molecule is Fc1ccc(Br)c2c(N3CCCC3)nc(Cl)nc12. The lowest BCUT2D eigenvalue weighted by atomic mass is 10.2. The Morgan fingerprint density at radius 3 is 2.67 bits per heavy atom. The van der Waals surface area contributed by atoms with Gasteiger partial charge in [0, 0.05) is 17.6 Å². The number of anilines is 1. The quantitative estimate of drug-likeness (QED) is 0.745. The first-order valence-electron chi connectivity index (χ1n) is 5.73. The van der Waals surface area contributed by atoms with Crippen LogP contribution in [0, 0.1) is 5.82 Å². The molecule has 1 aliphatic heterocycles. The summed E-state index contributed by atoms with van der Waals surface area (Å²) in [4.78, 5) is 10.4. The summed E-state index contributed by atoms with van der Waals surface area (Å²) in [6.45, 7) is 1.84. The summed E-state index contributed by atoms with van der Waals surface area (Å²) in [5.74, 6) is 0.340. The molecule has 0 spiro atoms. The number of hydrogen-bond donors (Lipinski definition) is 0. The number of halogens is 3. The molecular formula is C12H10BrClFN3. The van der Waals surface area contributed by atoms with Crippen molar-refractivity contribution in [3.05, 3.63) is 27.7 Å². The second-order valence-electron chi connectivity index (χ2n) is 4.26. The van der Waals surface area contributed by atoms with Crippen molar-refractivity contribution in [3.63, 3.8) is 0 Å². The van der Waals surface area contributed by atoms with E-state index in [1.165, 1.54) is 6.07 Å². The standard InChI is InChI=1S/C12H10BrClFN3/c13-7-3-4-8(15)10-9(7)11(17-12(14)16-10)18-5-1-2-6-18/h3-4H,1-2,5-6H2. The number of nitrogens with zero attached hydrogens (tertiary/aromatic N) is 3. The van der Waals surface area contributed by atoms with E-state index in [9.17, 15) is 4.39 Å². The van der Waals surface area contributed by atoms with Crippen molar-refractivity contribution >= 4 is 44.3 Å². The minimum absolute atomic E-state index is 0.0846. The summed E-state index contributed by atoms with van der Waals surface area (Å²) in [5, 5.41) is 0.780. The van der Waals surface area contributed by atoms with Crippen LogP contribution in [0.2, 0.25) is 5.28 Å². The van der Waals surface area contributed by atoms with Gasteiger partial charge < -0.3 is 4.90 Å². The molecule has 1 aromatic heterocycles. The average Bonchev–Trinajstić information content (AvgIpc) is 2.86. The largest absolute Gasteiger partial charge is 0.356 e. The predicted octanol–water partition coefficient (Wildman–Crippen LogP) is 3.79. The molecule has 3 nitrogen and oxygen atoms in total. The molecule has 6 heteroatoms. The molecule has 0 N–H and O–H groups in total. The number of fused-ring (bicyclic) bond motifs is 1. The number of hydrogen-bond acceptors (Lipinski definition) is 3. The summed E-state index contributed by atoms with van der Waals surface area (Å²) < 4.78 is 14.6. The zero-order valence-corrected chi connectivity index (χ0v) is 11.8. The van der Waals surface area contributed by atoms with E-state index in [2.05, 4.69) is 30.8 Å². The van der Waals surface area contributed by atoms with Crippen LogP contribution < -0.4 is 4.90 Å². The molecule has 0 radical (unpaired) electrons. The van der Waals surface area contributed by atoms with Crippen molar-refractivity contribution in [3.8, 4) is 0 Å². The highest BCUT2D eigenvalue weighted by Crippen LogP contribution is 2.34. The minimum atomic E-state index is -0.377. The van der Waals surface area contributed by atoms with E-state index in [4.69, 9.17) is 11.6 Å². The van der Waals surface area contributed by atoms with Gasteiger partial charge in [-0.2, -0.15) is 4.98 Å². The fourth-order valence-corrected chi connectivity index (χ4v) is 2.94. The van der Waals surface area contributed by atoms with E-state index < -0.39 is 0 Å². The molecule has 1 saturated heterocycles. The van der Waals surface area contributed by atoms with Crippen molar-refractivity contribution in [1.29, 1.82) is 0 Å². The molecule has 1 aliphatic rings. The Morgan fingerprint density at radius 1 is 1.22 bits per heavy atom. The van der Waals surface area contributed by atoms with Crippen LogP contribution >= 0.6 is 27.5 Å². The van der Waals surface area contributed by atoms with E-state index in [1.54, 1.807) is 6.07 Å². The molecule has 0 bridgehead atoms. The smallest absolute Gasteiger partial charge is 0.225 e. The number of rotatable bonds is 1. The Balaban J connectivity index is 2.32. The molecule has 1 fully saturated rings. The van der Waals surface area contributed by atoms with E-state index in [0.29, 0.717) is 11.2 Å². The third kappa shape index (κ3) is 1.95. The topological polar surface area (TPSA) is 29.0 Å². The van der Waals surface area contributed by atoms with Crippen LogP contribution in [-0.4, -0.2) is 23.1 Å². The molecule has 1 aromatic carbocycles. The lowest BCUT2D eigenvalue weighted by Gasteiger charge is -2.19. The van der Waals surface area contributed by atoms with Crippen molar-refractivity contribution in [2.75, 3.05) is 18.0 Å². The zero-order valence-electron chi connectivity index (χ0n) is 9.46. The van der Waals surface area contributed by atoms with Gasteiger partial charge in [0.05, 0.1) is 5.39 Å². The Bertz CT molecular complexity index is 614. The summed E-state index contributed by atoms with van der Waals surface area (Å²) in [7, 11) is 0. The molecule has 18 heavy (non-hydrogen) atoms. The lowest BCUT2D eigenvalue weighted by Crippen LogP contribution is -2.20. The first-order chi connectivity index (χ1) is 8.66. The molecule has 0 amide bonds. The fraction of sp³-hybridized carbons (Fsp3) is 0.333. The summed E-state index contributed by atoms with van der Waals surface area (Å²) in [6.07, 6.45) is 2.24. The van der Waals surface area contributed by atoms with Gasteiger partial charge in [0.2, 0.25) is 5.28 Å². The highest BCUT2D eigenvalue weighted by atomic mass is 79.9. The fourth-order valence-electron chi connectivity index (χ4n) is 2.28. The van der Waals surface area contributed by atoms with Crippen LogP contribution in [0.4, 0.5) is 10.2 Å². The maximum atomic E-state index is 13.8. The summed E-state index contributed by atoms with van der Waals surface area (Å²) in [5.41, 5.74) is 0.270. The second-order valence-corrected chi connectivity index (χ2v) is 5.46. The number of benzene rings is 1. The van der Waals surface area contributed by atoms with Gasteiger partial charge in [0.1, 0.15) is 17.2 Å². The molecular weight excluding hydrogens is 321 g/mol. The van der Waals surface area contributed by atoms with Crippen LogP contribution in [0.15, 0.2) is 16.6 Å². The van der Waals surface area contributed by atoms with Crippen LogP contribution in [0.1, 0.15) is 12.8 Å². The third-order valence-electron chi connectivity index (χ3n) is 3.11. The molecule has 94 valence electrons. The highest BCUT2D eigenvalue weighted by molar-refractivity contribution is 9.10. The van der Waals surface area contributed by atoms with Gasteiger partial charge in [-0.05, 0) is 52.5 Å². The normalized spacial score (nSPS) is 15.6. The Morgan fingerprint density at radius 2 is 1.94 bits per heavy atom. The molecule has 2 aromatic rings. The van der Waals surface area contributed by atoms with Crippen molar-refractivity contribution in [2.24, 2.45) is 0 Å². The van der Waals surface area contributed by atoms with Crippen LogP contribution in [-0.2, 0) is 0 Å². The molecule has 3 rings (SSSR count). The van der Waals surface area contributed by atoms with E-state index in [0.717, 1.165) is 30.4 Å². The minimum Gasteiger partial charge on any atom is -0.356 e. The van der Waals surface area contributed by atoms with Gasteiger partial charge in [0.25, 0.3) is 0 Å². The predicted molar refractivity (Wildman–Crippen MR) is 73.7 cm³/mol. The molecule has 0 saturated carbocycles. The van der Waals surface area contributed by atoms with E-state index in [1.807, 2.05) is 0 Å². The summed E-state index contributed by atoms with van der Waals surface area (Å²) >= 11 is 9.33. The van der Waals surface area contributed by atoms with Gasteiger partial charge in [-0.1, -0.05) is 0 Å². The third-order valence-corrected chi connectivity index (χ3v) is 3.94. The Hall–Kier alpha value is -0.940. The maximum Gasteiger partial charge on any atom is 0.225 e. The first-order valence-corrected chi connectivity index (χ1v) is 6.90. The maximum absolute atomic E-state index is 13.8. The van der Waals surface area contributed by atoms with Crippen LogP contribution in [0.5, 0.6) is 0 Å². The molecule has 0 aliphatic carbocycles. The van der Waals surface area contributed by atoms with Crippen LogP contribution in [0.25, 0.3) is 10.9 Å². The summed E-state index contributed by atoms with van der Waals surface area (Å²) in [6, 6.07) is 3.05. The highest BCUT2D eigenvalue weighted by Gasteiger charge is 2.20.